The highest BCUT2D eigenvalue weighted by Gasteiger charge is 2.26. The minimum Gasteiger partial charge on any atom is -0.493 e. The zero-order valence-corrected chi connectivity index (χ0v) is 18.2. The molecule has 0 aliphatic heterocycles. The van der Waals surface area contributed by atoms with E-state index in [4.69, 9.17) is 9.47 Å². The molecule has 0 unspecified atom stereocenters. The lowest BCUT2D eigenvalue weighted by Crippen LogP contribution is -2.35. The lowest BCUT2D eigenvalue weighted by molar-refractivity contribution is -0.110. The number of rotatable bonds is 7. The van der Waals surface area contributed by atoms with Crippen LogP contribution in [0.4, 0.5) is 0 Å². The highest BCUT2D eigenvalue weighted by molar-refractivity contribution is 5.78. The van der Waals surface area contributed by atoms with Crippen molar-refractivity contribution in [3.63, 3.8) is 0 Å². The zero-order chi connectivity index (χ0) is 22.7. The molecule has 166 valence electrons. The van der Waals surface area contributed by atoms with Gasteiger partial charge in [0.05, 0.1) is 43.4 Å². The van der Waals surface area contributed by atoms with E-state index in [1.807, 2.05) is 28.8 Å². The third-order valence-corrected chi connectivity index (χ3v) is 6.25. The van der Waals surface area contributed by atoms with Gasteiger partial charge in [0.2, 0.25) is 6.41 Å². The van der Waals surface area contributed by atoms with Gasteiger partial charge in [-0.15, -0.1) is 0 Å². The van der Waals surface area contributed by atoms with E-state index in [9.17, 15) is 14.9 Å². The summed E-state index contributed by atoms with van der Waals surface area (Å²) in [7, 11) is 3.16. The summed E-state index contributed by atoms with van der Waals surface area (Å²) < 4.78 is 14.3. The van der Waals surface area contributed by atoms with E-state index in [-0.39, 0.29) is 17.8 Å². The molecule has 1 fully saturated rings. The molecule has 2 aromatic carbocycles. The first-order valence-corrected chi connectivity index (χ1v) is 10.6. The number of aromatic nitrogens is 2. The topological polar surface area (TPSA) is 98.3 Å². The quantitative estimate of drug-likeness (QED) is 0.577. The molecule has 0 atom stereocenters. The molecule has 0 saturated heterocycles. The normalized spacial score (nSPS) is 18.2. The van der Waals surface area contributed by atoms with Crippen LogP contribution in [0.2, 0.25) is 0 Å². The lowest BCUT2D eigenvalue weighted by Gasteiger charge is -2.28. The van der Waals surface area contributed by atoms with Crippen molar-refractivity contribution < 1.29 is 14.3 Å². The van der Waals surface area contributed by atoms with Crippen molar-refractivity contribution in [3.8, 4) is 17.6 Å². The van der Waals surface area contributed by atoms with E-state index in [1.54, 1.807) is 30.9 Å². The lowest BCUT2D eigenvalue weighted by atomic mass is 9.91. The molecule has 1 aliphatic carbocycles. The number of carbonyl (C=O) groups excluding carboxylic acids is 1. The zero-order valence-electron chi connectivity index (χ0n) is 18.2. The van der Waals surface area contributed by atoms with E-state index >= 15 is 0 Å². The van der Waals surface area contributed by atoms with Crippen LogP contribution < -0.4 is 20.5 Å². The second kappa shape index (κ2) is 9.18. The Labute approximate surface area is 186 Å². The third kappa shape index (κ3) is 3.94. The number of nitrogens with zero attached hydrogens (tertiary/aromatic N) is 3. The monoisotopic (exact) mass is 434 g/mol. The maximum atomic E-state index is 13.6. The number of amides is 1. The average Bonchev–Trinajstić information content (AvgIpc) is 3.10. The first-order chi connectivity index (χ1) is 15.6. The summed E-state index contributed by atoms with van der Waals surface area (Å²) in [6.07, 6.45) is 4.01. The summed E-state index contributed by atoms with van der Waals surface area (Å²) in [6.45, 7) is 0.347. The molecule has 0 bridgehead atoms. The Morgan fingerprint density at radius 3 is 2.47 bits per heavy atom. The Morgan fingerprint density at radius 1 is 1.06 bits per heavy atom. The van der Waals surface area contributed by atoms with Gasteiger partial charge >= 0.3 is 5.69 Å². The van der Waals surface area contributed by atoms with Crippen LogP contribution >= 0.6 is 0 Å². The van der Waals surface area contributed by atoms with Crippen LogP contribution in [0.5, 0.6) is 11.5 Å². The fourth-order valence-corrected chi connectivity index (χ4v) is 4.61. The van der Waals surface area contributed by atoms with Crippen molar-refractivity contribution in [2.24, 2.45) is 0 Å². The number of hydrogen-bond donors (Lipinski definition) is 1. The fraction of sp³-hybridized carbons (Fsp3) is 0.375. The molecule has 1 heterocycles. The number of fused-ring (bicyclic) bond motifs is 1. The first-order valence-electron chi connectivity index (χ1n) is 10.6. The van der Waals surface area contributed by atoms with Crippen molar-refractivity contribution in [3.05, 3.63) is 58.0 Å². The van der Waals surface area contributed by atoms with Gasteiger partial charge in [-0.25, -0.2) is 4.79 Å². The smallest absolute Gasteiger partial charge is 0.329 e. The summed E-state index contributed by atoms with van der Waals surface area (Å²) in [4.78, 5) is 24.4. The maximum Gasteiger partial charge on any atom is 0.329 e. The van der Waals surface area contributed by atoms with Gasteiger partial charge in [-0.2, -0.15) is 5.26 Å². The van der Waals surface area contributed by atoms with Gasteiger partial charge in [0.1, 0.15) is 0 Å². The minimum absolute atomic E-state index is 0.0503. The van der Waals surface area contributed by atoms with E-state index in [0.717, 1.165) is 48.7 Å². The van der Waals surface area contributed by atoms with Crippen molar-refractivity contribution in [2.45, 2.75) is 44.3 Å². The van der Waals surface area contributed by atoms with Crippen molar-refractivity contribution in [1.82, 2.24) is 14.5 Å². The van der Waals surface area contributed by atoms with Gasteiger partial charge < -0.3 is 14.8 Å². The minimum atomic E-state index is -0.100. The van der Waals surface area contributed by atoms with Crippen LogP contribution in [0.15, 0.2) is 41.2 Å². The van der Waals surface area contributed by atoms with Gasteiger partial charge in [-0.05, 0) is 61.6 Å². The number of methoxy groups -OCH3 is 2. The van der Waals surface area contributed by atoms with Crippen molar-refractivity contribution in [1.29, 1.82) is 5.26 Å². The second-order valence-corrected chi connectivity index (χ2v) is 8.03. The molecular formula is C24H26N4O4. The number of imidazole rings is 1. The Balaban J connectivity index is 1.76. The van der Waals surface area contributed by atoms with E-state index < -0.39 is 0 Å². The maximum absolute atomic E-state index is 13.6. The predicted octanol–water partition coefficient (Wildman–Crippen LogP) is 2.97. The molecule has 1 aliphatic rings. The van der Waals surface area contributed by atoms with Gasteiger partial charge in [0.15, 0.2) is 11.5 Å². The van der Waals surface area contributed by atoms with Crippen LogP contribution in [0.25, 0.3) is 11.0 Å². The van der Waals surface area contributed by atoms with Gasteiger partial charge in [-0.3, -0.25) is 13.9 Å². The summed E-state index contributed by atoms with van der Waals surface area (Å²) >= 11 is 0. The van der Waals surface area contributed by atoms with Crippen LogP contribution in [-0.4, -0.2) is 35.8 Å². The number of nitrogens with one attached hydrogen (secondary N) is 1. The molecule has 1 N–H and O–H groups in total. The second-order valence-electron chi connectivity index (χ2n) is 8.03. The summed E-state index contributed by atoms with van der Waals surface area (Å²) in [6, 6.07) is 13.3. The van der Waals surface area contributed by atoms with Crippen LogP contribution in [-0.2, 0) is 11.3 Å². The Kier molecular flexibility index (Phi) is 6.17. The van der Waals surface area contributed by atoms with E-state index in [2.05, 4.69) is 11.4 Å². The standard InChI is InChI=1S/C24H26N4O4/c1-31-22-10-4-17(12-23(22)32-2)14-27-21-11-16(13-25)3-9-20(21)28(24(27)30)19-7-5-18(6-8-19)26-15-29/h3-4,9-12,15,18-19H,5-8,14H2,1-2H3,(H,26,29)/t18-,19-. The molecule has 4 rings (SSSR count). The highest BCUT2D eigenvalue weighted by Crippen LogP contribution is 2.32. The van der Waals surface area contributed by atoms with Gasteiger partial charge in [0.25, 0.3) is 0 Å². The molecule has 0 spiro atoms. The largest absolute Gasteiger partial charge is 0.493 e. The van der Waals surface area contributed by atoms with E-state index in [0.29, 0.717) is 23.6 Å². The van der Waals surface area contributed by atoms with Crippen molar-refractivity contribution >= 4 is 17.4 Å². The van der Waals surface area contributed by atoms with Crippen LogP contribution in [0, 0.1) is 11.3 Å². The summed E-state index contributed by atoms with van der Waals surface area (Å²) in [5.74, 6) is 1.22. The number of nitriles is 1. The van der Waals surface area contributed by atoms with Crippen molar-refractivity contribution in [2.75, 3.05) is 14.2 Å². The van der Waals surface area contributed by atoms with Gasteiger partial charge in [0, 0.05) is 12.1 Å². The number of ether oxygens (including phenoxy) is 2. The number of benzene rings is 2. The highest BCUT2D eigenvalue weighted by atomic mass is 16.5. The molecule has 8 nitrogen and oxygen atoms in total. The Morgan fingerprint density at radius 2 is 1.81 bits per heavy atom. The molecule has 0 radical (unpaired) electrons. The molecule has 1 aromatic heterocycles. The molecule has 3 aromatic rings. The molecule has 32 heavy (non-hydrogen) atoms. The van der Waals surface area contributed by atoms with E-state index in [1.165, 1.54) is 0 Å². The van der Waals surface area contributed by atoms with Crippen LogP contribution in [0.1, 0.15) is 42.9 Å². The SMILES string of the molecule is COc1ccc(Cn2c(=O)n([C@H]3CC[C@H](NC=O)CC3)c3ccc(C#N)cc32)cc1OC. The molecular weight excluding hydrogens is 408 g/mol. The third-order valence-electron chi connectivity index (χ3n) is 6.25. The van der Waals surface area contributed by atoms with Crippen LogP contribution in [0.3, 0.4) is 0 Å². The predicted molar refractivity (Wildman–Crippen MR) is 120 cm³/mol. The number of carbonyl (C=O) groups is 1. The Hall–Kier alpha value is -3.73. The fourth-order valence-electron chi connectivity index (χ4n) is 4.61. The molecule has 1 amide bonds. The first kappa shape index (κ1) is 21.5. The Bertz CT molecular complexity index is 1230. The molecule has 1 saturated carbocycles. The molecule has 8 heteroatoms. The summed E-state index contributed by atoms with van der Waals surface area (Å²) in [5, 5.41) is 12.2. The number of hydrogen-bond acceptors (Lipinski definition) is 5. The van der Waals surface area contributed by atoms with Gasteiger partial charge in [-0.1, -0.05) is 6.07 Å². The average molecular weight is 434 g/mol. The summed E-state index contributed by atoms with van der Waals surface area (Å²) in [5.41, 5.74) is 2.86.